The average Bonchev–Trinajstić information content (AvgIpc) is 2.27. The molecule has 3 heteroatoms. The first-order valence-electron chi connectivity index (χ1n) is 5.64. The van der Waals surface area contributed by atoms with Crippen molar-refractivity contribution in [3.8, 4) is 0 Å². The first-order valence-corrected chi connectivity index (χ1v) is 5.64. The molecule has 88 valence electrons. The highest BCUT2D eigenvalue weighted by molar-refractivity contribution is 5.78. The van der Waals surface area contributed by atoms with Gasteiger partial charge in [0.1, 0.15) is 5.54 Å². The summed E-state index contributed by atoms with van der Waals surface area (Å²) < 4.78 is 0. The van der Waals surface area contributed by atoms with Crippen LogP contribution in [0.2, 0.25) is 0 Å². The highest BCUT2D eigenvalue weighted by Gasteiger charge is 2.33. The fraction of sp³-hybridized carbons (Fsp3) is 0.462. The van der Waals surface area contributed by atoms with Crippen LogP contribution < -0.4 is 5.73 Å². The number of hydrogen-bond donors (Lipinski definition) is 2. The second-order valence-electron chi connectivity index (χ2n) is 4.23. The Morgan fingerprint density at radius 3 is 2.50 bits per heavy atom. The van der Waals surface area contributed by atoms with Crippen LogP contribution in [0.15, 0.2) is 30.3 Å². The molecule has 0 spiro atoms. The number of unbranched alkanes of at least 4 members (excludes halogenated alkanes) is 1. The number of aliphatic carboxylic acids is 1. The van der Waals surface area contributed by atoms with E-state index in [1.807, 2.05) is 37.3 Å². The van der Waals surface area contributed by atoms with Crippen molar-refractivity contribution in [2.45, 2.75) is 38.1 Å². The molecule has 3 N–H and O–H groups in total. The summed E-state index contributed by atoms with van der Waals surface area (Å²) in [5.41, 5.74) is 5.81. The van der Waals surface area contributed by atoms with E-state index < -0.39 is 11.5 Å². The van der Waals surface area contributed by atoms with E-state index in [9.17, 15) is 9.90 Å². The van der Waals surface area contributed by atoms with E-state index in [4.69, 9.17) is 5.73 Å². The fourth-order valence-corrected chi connectivity index (χ4v) is 1.72. The molecule has 0 heterocycles. The van der Waals surface area contributed by atoms with Crippen molar-refractivity contribution in [3.05, 3.63) is 35.9 Å². The molecule has 0 aromatic heterocycles. The van der Waals surface area contributed by atoms with Crippen LogP contribution in [0.1, 0.15) is 31.7 Å². The molecule has 1 aromatic rings. The summed E-state index contributed by atoms with van der Waals surface area (Å²) in [5.74, 6) is -0.912. The van der Waals surface area contributed by atoms with Crippen LogP contribution in [-0.4, -0.2) is 16.6 Å². The summed E-state index contributed by atoms with van der Waals surface area (Å²) in [7, 11) is 0. The molecule has 0 aliphatic carbocycles. The van der Waals surface area contributed by atoms with Gasteiger partial charge in [0.2, 0.25) is 0 Å². The van der Waals surface area contributed by atoms with E-state index in [1.54, 1.807) is 0 Å². The molecule has 0 fully saturated rings. The maximum absolute atomic E-state index is 11.2. The predicted molar refractivity (Wildman–Crippen MR) is 64.2 cm³/mol. The summed E-state index contributed by atoms with van der Waals surface area (Å²) in [6.07, 6.45) is 2.72. The van der Waals surface area contributed by atoms with E-state index in [2.05, 4.69) is 0 Å². The van der Waals surface area contributed by atoms with Gasteiger partial charge in [0, 0.05) is 6.42 Å². The number of rotatable bonds is 6. The first-order chi connectivity index (χ1) is 7.58. The first kappa shape index (κ1) is 12.7. The summed E-state index contributed by atoms with van der Waals surface area (Å²) in [6.45, 7) is 2.03. The van der Waals surface area contributed by atoms with Crippen molar-refractivity contribution in [2.75, 3.05) is 0 Å². The van der Waals surface area contributed by atoms with Gasteiger partial charge in [-0.25, -0.2) is 0 Å². The Bertz CT molecular complexity index is 337. The predicted octanol–water partition coefficient (Wildman–Crippen LogP) is 2.20. The molecule has 1 unspecified atom stereocenters. The van der Waals surface area contributed by atoms with Crippen molar-refractivity contribution in [2.24, 2.45) is 5.73 Å². The Morgan fingerprint density at radius 2 is 2.00 bits per heavy atom. The van der Waals surface area contributed by atoms with Gasteiger partial charge in [-0.1, -0.05) is 50.1 Å². The Hall–Kier alpha value is -1.35. The Balaban J connectivity index is 2.75. The minimum atomic E-state index is -1.13. The third-order valence-corrected chi connectivity index (χ3v) is 2.76. The third kappa shape index (κ3) is 3.35. The lowest BCUT2D eigenvalue weighted by Gasteiger charge is -2.24. The van der Waals surface area contributed by atoms with Crippen LogP contribution >= 0.6 is 0 Å². The number of carboxylic acid groups (broad SMARTS) is 1. The molecule has 1 atom stereocenters. The summed E-state index contributed by atoms with van der Waals surface area (Å²) in [5, 5.41) is 9.20. The van der Waals surface area contributed by atoms with Gasteiger partial charge in [-0.05, 0) is 12.0 Å². The zero-order valence-electron chi connectivity index (χ0n) is 9.65. The minimum absolute atomic E-state index is 0.392. The van der Waals surface area contributed by atoms with Crippen molar-refractivity contribution < 1.29 is 9.90 Å². The standard InChI is InChI=1S/C13H19NO2/c1-2-3-9-13(14,12(15)16)10-11-7-5-4-6-8-11/h4-8H,2-3,9-10,14H2,1H3,(H,15,16). The highest BCUT2D eigenvalue weighted by Crippen LogP contribution is 2.18. The molecule has 1 rings (SSSR count). The molecular weight excluding hydrogens is 202 g/mol. The topological polar surface area (TPSA) is 63.3 Å². The molecule has 1 aromatic carbocycles. The molecule has 16 heavy (non-hydrogen) atoms. The minimum Gasteiger partial charge on any atom is -0.480 e. The fourth-order valence-electron chi connectivity index (χ4n) is 1.72. The second kappa shape index (κ2) is 5.66. The highest BCUT2D eigenvalue weighted by atomic mass is 16.4. The zero-order valence-corrected chi connectivity index (χ0v) is 9.65. The number of hydrogen-bond acceptors (Lipinski definition) is 2. The number of benzene rings is 1. The van der Waals surface area contributed by atoms with Gasteiger partial charge in [-0.15, -0.1) is 0 Å². The molecule has 0 aliphatic rings. The maximum atomic E-state index is 11.2. The van der Waals surface area contributed by atoms with E-state index in [-0.39, 0.29) is 0 Å². The van der Waals surface area contributed by atoms with E-state index in [0.29, 0.717) is 12.8 Å². The van der Waals surface area contributed by atoms with E-state index in [1.165, 1.54) is 0 Å². The van der Waals surface area contributed by atoms with Crippen LogP contribution in [0.5, 0.6) is 0 Å². The molecule has 0 saturated heterocycles. The van der Waals surface area contributed by atoms with Gasteiger partial charge in [-0.2, -0.15) is 0 Å². The van der Waals surface area contributed by atoms with Crippen LogP contribution in [0, 0.1) is 0 Å². The van der Waals surface area contributed by atoms with Crippen molar-refractivity contribution >= 4 is 5.97 Å². The molecule has 0 amide bonds. The van der Waals surface area contributed by atoms with Gasteiger partial charge in [0.15, 0.2) is 0 Å². The lowest BCUT2D eigenvalue weighted by molar-refractivity contribution is -0.143. The summed E-state index contributed by atoms with van der Waals surface area (Å²) >= 11 is 0. The van der Waals surface area contributed by atoms with E-state index >= 15 is 0 Å². The van der Waals surface area contributed by atoms with E-state index in [0.717, 1.165) is 18.4 Å². The van der Waals surface area contributed by atoms with Crippen LogP contribution in [0.3, 0.4) is 0 Å². The molecule has 0 radical (unpaired) electrons. The van der Waals surface area contributed by atoms with Gasteiger partial charge in [0.25, 0.3) is 0 Å². The second-order valence-corrected chi connectivity index (χ2v) is 4.23. The van der Waals surface area contributed by atoms with Gasteiger partial charge >= 0.3 is 5.97 Å². The number of carboxylic acids is 1. The number of nitrogens with two attached hydrogens (primary N) is 1. The van der Waals surface area contributed by atoms with Crippen molar-refractivity contribution in [1.29, 1.82) is 0 Å². The van der Waals surface area contributed by atoms with Gasteiger partial charge in [-0.3, -0.25) is 4.79 Å². The summed E-state index contributed by atoms with van der Waals surface area (Å²) in [4.78, 5) is 11.2. The molecule has 0 bridgehead atoms. The van der Waals surface area contributed by atoms with Gasteiger partial charge in [0.05, 0.1) is 0 Å². The van der Waals surface area contributed by atoms with Crippen LogP contribution in [0.4, 0.5) is 0 Å². The smallest absolute Gasteiger partial charge is 0.324 e. The third-order valence-electron chi connectivity index (χ3n) is 2.76. The summed E-state index contributed by atoms with van der Waals surface area (Å²) in [6, 6.07) is 9.54. The quantitative estimate of drug-likeness (QED) is 0.774. The van der Waals surface area contributed by atoms with Gasteiger partial charge < -0.3 is 10.8 Å². The van der Waals surface area contributed by atoms with Crippen LogP contribution in [0.25, 0.3) is 0 Å². The lowest BCUT2D eigenvalue weighted by atomic mass is 9.87. The lowest BCUT2D eigenvalue weighted by Crippen LogP contribution is -2.49. The Kier molecular flexibility index (Phi) is 4.50. The normalized spacial score (nSPS) is 14.4. The Morgan fingerprint density at radius 1 is 1.38 bits per heavy atom. The van der Waals surface area contributed by atoms with Crippen LogP contribution in [-0.2, 0) is 11.2 Å². The monoisotopic (exact) mass is 221 g/mol. The molecular formula is C13H19NO2. The largest absolute Gasteiger partial charge is 0.480 e. The molecule has 0 aliphatic heterocycles. The van der Waals surface area contributed by atoms with Crippen molar-refractivity contribution in [3.63, 3.8) is 0 Å². The molecule has 3 nitrogen and oxygen atoms in total. The van der Waals surface area contributed by atoms with Crippen molar-refractivity contribution in [1.82, 2.24) is 0 Å². The SMILES string of the molecule is CCCCC(N)(Cc1ccccc1)C(=O)O. The zero-order chi connectivity index (χ0) is 12.0. The number of carbonyl (C=O) groups is 1. The average molecular weight is 221 g/mol. The maximum Gasteiger partial charge on any atom is 0.324 e. The molecule has 0 saturated carbocycles. The Labute approximate surface area is 96.3 Å².